The molecule has 28 heavy (non-hydrogen) atoms. The van der Waals surface area contributed by atoms with Gasteiger partial charge in [-0.05, 0) is 23.8 Å². The number of carbonyl (C=O) groups is 1. The number of rotatable bonds is 8. The Morgan fingerprint density at radius 1 is 1.21 bits per heavy atom. The van der Waals surface area contributed by atoms with Crippen molar-refractivity contribution in [1.82, 2.24) is 10.2 Å². The molecule has 0 unspecified atom stereocenters. The van der Waals surface area contributed by atoms with Gasteiger partial charge in [0.25, 0.3) is 5.91 Å². The van der Waals surface area contributed by atoms with Crippen LogP contribution in [-0.2, 0) is 10.5 Å². The summed E-state index contributed by atoms with van der Waals surface area (Å²) in [7, 11) is 0. The van der Waals surface area contributed by atoms with E-state index in [1.165, 1.54) is 41.3 Å². The number of amides is 1. The molecule has 8 nitrogen and oxygen atoms in total. The number of thioether (sulfide) groups is 1. The third-order valence-corrected chi connectivity index (χ3v) is 5.64. The lowest BCUT2D eigenvalue weighted by Crippen LogP contribution is -2.20. The predicted octanol–water partition coefficient (Wildman–Crippen LogP) is 4.41. The Bertz CT molecular complexity index is 981. The number of halogens is 1. The van der Waals surface area contributed by atoms with Crippen LogP contribution in [0.2, 0.25) is 5.02 Å². The molecule has 0 spiro atoms. The van der Waals surface area contributed by atoms with E-state index in [1.807, 2.05) is 24.3 Å². The van der Waals surface area contributed by atoms with E-state index in [0.29, 0.717) is 20.2 Å². The molecule has 0 atom stereocenters. The summed E-state index contributed by atoms with van der Waals surface area (Å²) in [6.45, 7) is -0.377. The van der Waals surface area contributed by atoms with E-state index in [0.717, 1.165) is 5.56 Å². The predicted molar refractivity (Wildman–Crippen MR) is 108 cm³/mol. The number of nitro groups is 1. The molecule has 0 aliphatic carbocycles. The highest BCUT2D eigenvalue weighted by Gasteiger charge is 2.15. The fourth-order valence-corrected chi connectivity index (χ4v) is 3.92. The second-order valence-electron chi connectivity index (χ2n) is 5.35. The number of ether oxygens (including phenoxy) is 1. The van der Waals surface area contributed by atoms with Gasteiger partial charge >= 0.3 is 5.69 Å². The first-order chi connectivity index (χ1) is 13.5. The standard InChI is InChI=1S/C17H13ClN4O4S2/c18-12-7-5-11(6-8-12)10-27-17-21-20-16(28-17)19-15(23)9-26-14-4-2-1-3-13(14)22(24)25/h1-8H,9-10H2,(H,19,20,23). The van der Waals surface area contributed by atoms with Crippen LogP contribution in [0.1, 0.15) is 5.56 Å². The Labute approximate surface area is 173 Å². The van der Waals surface area contributed by atoms with Gasteiger partial charge in [0.05, 0.1) is 4.92 Å². The van der Waals surface area contributed by atoms with E-state index >= 15 is 0 Å². The number of carbonyl (C=O) groups excluding carboxylic acids is 1. The van der Waals surface area contributed by atoms with Crippen LogP contribution in [0.3, 0.4) is 0 Å². The average Bonchev–Trinajstić information content (AvgIpc) is 3.13. The fourth-order valence-electron chi connectivity index (χ4n) is 2.07. The van der Waals surface area contributed by atoms with E-state index in [1.54, 1.807) is 6.07 Å². The minimum atomic E-state index is -0.567. The van der Waals surface area contributed by atoms with Crippen LogP contribution in [0.15, 0.2) is 52.9 Å². The van der Waals surface area contributed by atoms with Gasteiger partial charge in [0, 0.05) is 16.8 Å². The Morgan fingerprint density at radius 3 is 2.71 bits per heavy atom. The van der Waals surface area contributed by atoms with Crippen LogP contribution in [0.5, 0.6) is 5.75 Å². The van der Waals surface area contributed by atoms with Crippen molar-refractivity contribution in [3.8, 4) is 5.75 Å². The lowest BCUT2D eigenvalue weighted by Gasteiger charge is -2.05. The summed E-state index contributed by atoms with van der Waals surface area (Å²) in [5.74, 6) is 0.239. The highest BCUT2D eigenvalue weighted by Crippen LogP contribution is 2.29. The maximum Gasteiger partial charge on any atom is 0.310 e. The summed E-state index contributed by atoms with van der Waals surface area (Å²) in [5.41, 5.74) is 0.889. The first-order valence-corrected chi connectivity index (χ1v) is 10.1. The molecule has 0 radical (unpaired) electrons. The van der Waals surface area contributed by atoms with E-state index in [-0.39, 0.29) is 18.0 Å². The van der Waals surface area contributed by atoms with Crippen molar-refractivity contribution in [1.29, 1.82) is 0 Å². The lowest BCUT2D eigenvalue weighted by atomic mass is 10.2. The summed E-state index contributed by atoms with van der Waals surface area (Å²) in [6.07, 6.45) is 0. The number of para-hydroxylation sites is 2. The SMILES string of the molecule is O=C(COc1ccccc1[N+](=O)[O-])Nc1nnc(SCc2ccc(Cl)cc2)s1. The van der Waals surface area contributed by atoms with Gasteiger partial charge in [-0.15, -0.1) is 10.2 Å². The second-order valence-corrected chi connectivity index (χ2v) is 7.99. The van der Waals surface area contributed by atoms with Crippen molar-refractivity contribution in [2.24, 2.45) is 0 Å². The molecule has 0 saturated carbocycles. The summed E-state index contributed by atoms with van der Waals surface area (Å²) >= 11 is 8.58. The first-order valence-electron chi connectivity index (χ1n) is 7.88. The molecule has 11 heteroatoms. The molecule has 1 N–H and O–H groups in total. The molecule has 0 fully saturated rings. The van der Waals surface area contributed by atoms with Crippen LogP contribution < -0.4 is 10.1 Å². The number of nitro benzene ring substituents is 1. The molecule has 0 bridgehead atoms. The molecule has 0 aliphatic rings. The number of nitrogens with one attached hydrogen (secondary N) is 1. The number of nitrogens with zero attached hydrogens (tertiary/aromatic N) is 3. The van der Waals surface area contributed by atoms with Crippen LogP contribution in [0.4, 0.5) is 10.8 Å². The van der Waals surface area contributed by atoms with Gasteiger partial charge in [0.1, 0.15) is 0 Å². The number of aromatic nitrogens is 2. The largest absolute Gasteiger partial charge is 0.477 e. The molecule has 3 aromatic rings. The van der Waals surface area contributed by atoms with Gasteiger partial charge in [-0.25, -0.2) is 0 Å². The van der Waals surface area contributed by atoms with Gasteiger partial charge in [0.2, 0.25) is 5.13 Å². The molecular weight excluding hydrogens is 424 g/mol. The summed E-state index contributed by atoms with van der Waals surface area (Å²) in [4.78, 5) is 22.4. The summed E-state index contributed by atoms with van der Waals surface area (Å²) in [5, 5.41) is 22.4. The average molecular weight is 437 g/mol. The quantitative estimate of drug-likeness (QED) is 0.241. The Hall–Kier alpha value is -2.69. The monoisotopic (exact) mass is 436 g/mol. The molecule has 0 saturated heterocycles. The van der Waals surface area contributed by atoms with Gasteiger partial charge in [-0.1, -0.05) is 59.0 Å². The fraction of sp³-hybridized carbons (Fsp3) is 0.118. The van der Waals surface area contributed by atoms with Gasteiger partial charge in [-0.2, -0.15) is 0 Å². The molecule has 0 aliphatic heterocycles. The zero-order valence-electron chi connectivity index (χ0n) is 14.2. The van der Waals surface area contributed by atoms with Crippen molar-refractivity contribution in [2.75, 3.05) is 11.9 Å². The molecule has 1 aromatic heterocycles. The Morgan fingerprint density at radius 2 is 1.96 bits per heavy atom. The van der Waals surface area contributed by atoms with E-state index in [2.05, 4.69) is 15.5 Å². The zero-order chi connectivity index (χ0) is 19.9. The molecule has 2 aromatic carbocycles. The number of benzene rings is 2. The number of anilines is 1. The topological polar surface area (TPSA) is 107 Å². The maximum absolute atomic E-state index is 12.0. The third kappa shape index (κ3) is 5.65. The van der Waals surface area contributed by atoms with Crippen molar-refractivity contribution in [3.05, 3.63) is 69.2 Å². The minimum Gasteiger partial charge on any atom is -0.477 e. The number of hydrogen-bond donors (Lipinski definition) is 1. The van der Waals surface area contributed by atoms with Crippen molar-refractivity contribution in [2.45, 2.75) is 10.1 Å². The van der Waals surface area contributed by atoms with Gasteiger partial charge < -0.3 is 4.74 Å². The Balaban J connectivity index is 1.50. The van der Waals surface area contributed by atoms with Crippen LogP contribution in [0, 0.1) is 10.1 Å². The smallest absolute Gasteiger partial charge is 0.310 e. The number of hydrogen-bond acceptors (Lipinski definition) is 8. The molecule has 3 rings (SSSR count). The van der Waals surface area contributed by atoms with E-state index < -0.39 is 10.8 Å². The highest BCUT2D eigenvalue weighted by molar-refractivity contribution is 8.00. The van der Waals surface area contributed by atoms with Crippen LogP contribution in [0.25, 0.3) is 0 Å². The highest BCUT2D eigenvalue weighted by atomic mass is 35.5. The zero-order valence-corrected chi connectivity index (χ0v) is 16.6. The molecule has 1 heterocycles. The van der Waals surface area contributed by atoms with Gasteiger partial charge in [0.15, 0.2) is 16.7 Å². The van der Waals surface area contributed by atoms with E-state index in [9.17, 15) is 14.9 Å². The van der Waals surface area contributed by atoms with E-state index in [4.69, 9.17) is 16.3 Å². The molecule has 1 amide bonds. The van der Waals surface area contributed by atoms with Crippen molar-refractivity contribution in [3.63, 3.8) is 0 Å². The lowest BCUT2D eigenvalue weighted by molar-refractivity contribution is -0.385. The van der Waals surface area contributed by atoms with Gasteiger partial charge in [-0.3, -0.25) is 20.2 Å². The van der Waals surface area contributed by atoms with Crippen LogP contribution in [-0.4, -0.2) is 27.6 Å². The first kappa shape index (κ1) is 20.1. The van der Waals surface area contributed by atoms with Crippen molar-refractivity contribution >= 4 is 51.4 Å². The molecule has 144 valence electrons. The summed E-state index contributed by atoms with van der Waals surface area (Å²) in [6, 6.07) is 13.4. The Kier molecular flexibility index (Phi) is 6.80. The minimum absolute atomic E-state index is 0.0270. The third-order valence-electron chi connectivity index (χ3n) is 3.35. The summed E-state index contributed by atoms with van der Waals surface area (Å²) < 4.78 is 5.94. The second kappa shape index (κ2) is 9.49. The van der Waals surface area contributed by atoms with Crippen molar-refractivity contribution < 1.29 is 14.5 Å². The van der Waals surface area contributed by atoms with Crippen LogP contribution >= 0.6 is 34.7 Å². The maximum atomic E-state index is 12.0. The normalized spacial score (nSPS) is 10.5. The molecular formula is C17H13ClN4O4S2.